The molecule has 176 valence electrons. The second-order valence-corrected chi connectivity index (χ2v) is 9.24. The third kappa shape index (κ3) is 5.97. The van der Waals surface area contributed by atoms with E-state index in [0.717, 1.165) is 29.7 Å². The van der Waals surface area contributed by atoms with Crippen molar-refractivity contribution in [3.05, 3.63) is 59.3 Å². The molecule has 0 aliphatic carbocycles. The number of fused-ring (bicyclic) bond motifs is 2. The Labute approximate surface area is 198 Å². The molecule has 2 aromatic carbocycles. The second kappa shape index (κ2) is 10.4. The van der Waals surface area contributed by atoms with Crippen LogP contribution in [-0.4, -0.2) is 40.8 Å². The van der Waals surface area contributed by atoms with Gasteiger partial charge in [0, 0.05) is 30.2 Å². The van der Waals surface area contributed by atoms with Crippen molar-refractivity contribution >= 4 is 44.8 Å². The van der Waals surface area contributed by atoms with Gasteiger partial charge in [-0.3, -0.25) is 4.18 Å². The molecule has 0 radical (unpaired) electrons. The summed E-state index contributed by atoms with van der Waals surface area (Å²) in [5.41, 5.74) is 3.54. The van der Waals surface area contributed by atoms with E-state index in [9.17, 15) is 13.0 Å². The predicted molar refractivity (Wildman–Crippen MR) is 128 cm³/mol. The van der Waals surface area contributed by atoms with Crippen LogP contribution in [-0.2, 0) is 21.6 Å². The van der Waals surface area contributed by atoms with Gasteiger partial charge in [-0.25, -0.2) is 8.42 Å². The number of hydrogen-bond acceptors (Lipinski definition) is 8. The van der Waals surface area contributed by atoms with Crippen molar-refractivity contribution in [3.8, 4) is 11.5 Å². The average molecular weight is 491 g/mol. The molecule has 0 saturated heterocycles. The van der Waals surface area contributed by atoms with Crippen LogP contribution in [0.4, 0.5) is 5.69 Å². The molecular formula is C23H26N2O6S2. The van der Waals surface area contributed by atoms with Crippen LogP contribution in [0.25, 0.3) is 17.0 Å². The molecule has 33 heavy (non-hydrogen) atoms. The van der Waals surface area contributed by atoms with E-state index in [-0.39, 0.29) is 0 Å². The van der Waals surface area contributed by atoms with Crippen LogP contribution in [0.2, 0.25) is 0 Å². The summed E-state index contributed by atoms with van der Waals surface area (Å²) in [6, 6.07) is 16.7. The molecule has 0 atom stereocenters. The van der Waals surface area contributed by atoms with Crippen LogP contribution in [0.1, 0.15) is 12.6 Å². The molecular weight excluding hydrogens is 464 g/mol. The first kappa shape index (κ1) is 24.8. The summed E-state index contributed by atoms with van der Waals surface area (Å²) in [7, 11) is 2.30. The molecule has 0 spiro atoms. The topological polar surface area (TPSA) is 92.0 Å². The molecule has 0 amide bonds. The van der Waals surface area contributed by atoms with E-state index >= 15 is 0 Å². The van der Waals surface area contributed by atoms with Gasteiger partial charge in [0.2, 0.25) is 21.6 Å². The van der Waals surface area contributed by atoms with Gasteiger partial charge in [0.05, 0.1) is 36.9 Å². The van der Waals surface area contributed by atoms with Gasteiger partial charge in [-0.1, -0.05) is 11.8 Å². The highest BCUT2D eigenvalue weighted by Gasteiger charge is 2.24. The number of nitrogens with zero attached hydrogens (tertiary/aromatic N) is 2. The molecule has 1 aromatic heterocycles. The van der Waals surface area contributed by atoms with Gasteiger partial charge in [-0.2, -0.15) is 4.57 Å². The molecule has 3 aromatic rings. The maximum Gasteiger partial charge on any atom is 0.217 e. The van der Waals surface area contributed by atoms with Crippen LogP contribution < -0.4 is 18.9 Å². The first-order valence-electron chi connectivity index (χ1n) is 10.0. The van der Waals surface area contributed by atoms with Crippen molar-refractivity contribution in [3.63, 3.8) is 0 Å². The van der Waals surface area contributed by atoms with E-state index in [0.29, 0.717) is 6.61 Å². The van der Waals surface area contributed by atoms with E-state index in [2.05, 4.69) is 70.2 Å². The highest BCUT2D eigenvalue weighted by Crippen LogP contribution is 2.47. The molecule has 10 heteroatoms. The Kier molecular flexibility index (Phi) is 7.85. The zero-order chi connectivity index (χ0) is 24.2. The molecule has 0 N–H and O–H groups in total. The van der Waals surface area contributed by atoms with Gasteiger partial charge in [0.25, 0.3) is 0 Å². The number of anilines is 1. The van der Waals surface area contributed by atoms with E-state index < -0.39 is 10.4 Å². The van der Waals surface area contributed by atoms with Crippen LogP contribution in [0.15, 0.2) is 58.5 Å². The fourth-order valence-electron chi connectivity index (χ4n) is 3.33. The number of rotatable bonds is 5. The van der Waals surface area contributed by atoms with E-state index in [4.69, 9.17) is 9.47 Å². The highest BCUT2D eigenvalue weighted by atomic mass is 32.3. The largest absolute Gasteiger partial charge is 0.726 e. The summed E-state index contributed by atoms with van der Waals surface area (Å²) in [6.45, 7) is 2.69. The maximum atomic E-state index is 9.22. The summed E-state index contributed by atoms with van der Waals surface area (Å²) < 4.78 is 44.2. The lowest BCUT2D eigenvalue weighted by atomic mass is 10.1. The lowest BCUT2D eigenvalue weighted by molar-refractivity contribution is -0.646. The zero-order valence-electron chi connectivity index (χ0n) is 19.1. The number of benzene rings is 2. The Balaban J connectivity index is 0.000000454. The molecule has 0 fully saturated rings. The van der Waals surface area contributed by atoms with Gasteiger partial charge in [0.1, 0.15) is 18.5 Å². The van der Waals surface area contributed by atoms with Crippen LogP contribution >= 0.6 is 11.8 Å². The van der Waals surface area contributed by atoms with Crippen LogP contribution in [0.5, 0.6) is 11.5 Å². The van der Waals surface area contributed by atoms with Crippen LogP contribution in [0, 0.1) is 0 Å². The van der Waals surface area contributed by atoms with Gasteiger partial charge in [0.15, 0.2) is 0 Å². The molecule has 4 rings (SSSR count). The lowest BCUT2D eigenvalue weighted by Gasteiger charge is -2.13. The van der Waals surface area contributed by atoms with E-state index in [1.807, 2.05) is 19.1 Å². The monoisotopic (exact) mass is 490 g/mol. The maximum absolute atomic E-state index is 9.22. The average Bonchev–Trinajstić information content (AvgIpc) is 3.10. The van der Waals surface area contributed by atoms with Crippen molar-refractivity contribution in [2.24, 2.45) is 7.05 Å². The molecule has 0 unspecified atom stereocenters. The quantitative estimate of drug-likeness (QED) is 0.304. The molecule has 0 bridgehead atoms. The number of aromatic nitrogens is 1. The lowest BCUT2D eigenvalue weighted by Crippen LogP contribution is -2.33. The fraction of sp³-hybridized carbons (Fsp3) is 0.261. The fourth-order valence-corrected chi connectivity index (χ4v) is 4.46. The van der Waals surface area contributed by atoms with E-state index in [1.165, 1.54) is 21.1 Å². The predicted octanol–water partition coefficient (Wildman–Crippen LogP) is 3.71. The smallest absolute Gasteiger partial charge is 0.217 e. The van der Waals surface area contributed by atoms with Gasteiger partial charge in [-0.05, 0) is 43.3 Å². The number of aryl methyl sites for hydroxylation is 1. The molecule has 0 saturated carbocycles. The minimum absolute atomic E-state index is 0.680. The first-order valence-corrected chi connectivity index (χ1v) is 12.2. The Morgan fingerprint density at radius 1 is 1.09 bits per heavy atom. The third-order valence-electron chi connectivity index (χ3n) is 5.04. The van der Waals surface area contributed by atoms with Gasteiger partial charge >= 0.3 is 0 Å². The Morgan fingerprint density at radius 3 is 2.42 bits per heavy atom. The number of thioether (sulfide) groups is 1. The van der Waals surface area contributed by atoms with Crippen molar-refractivity contribution in [2.75, 3.05) is 32.8 Å². The van der Waals surface area contributed by atoms with Crippen molar-refractivity contribution in [2.45, 2.75) is 11.8 Å². The number of ether oxygens (including phenoxy) is 2. The normalized spacial score (nSPS) is 14.1. The Hall–Kier alpha value is -2.79. The second-order valence-electron chi connectivity index (χ2n) is 7.02. The number of pyridine rings is 1. The van der Waals surface area contributed by atoms with Gasteiger partial charge in [-0.15, -0.1) is 0 Å². The number of hydrogen-bond donors (Lipinski definition) is 0. The summed E-state index contributed by atoms with van der Waals surface area (Å²) >= 11 is 1.77. The van der Waals surface area contributed by atoms with Gasteiger partial charge < -0.3 is 18.9 Å². The van der Waals surface area contributed by atoms with Crippen LogP contribution in [0.3, 0.4) is 0 Å². The van der Waals surface area contributed by atoms with Crippen molar-refractivity contribution < 1.29 is 31.2 Å². The third-order valence-corrected chi connectivity index (χ3v) is 6.60. The minimum Gasteiger partial charge on any atom is -0.726 e. The van der Waals surface area contributed by atoms with E-state index in [1.54, 1.807) is 18.9 Å². The zero-order valence-corrected chi connectivity index (χ0v) is 20.7. The molecule has 8 nitrogen and oxygen atoms in total. The minimum atomic E-state index is -4.41. The standard InChI is InChI=1S/C22H23N2O2S.CH4O4S/c1-5-26-18-9-11-20-21(14-18)27-22(24(20)3)13-16-7-6-15-12-17(25-4)8-10-19(15)23(16)2;1-5-6(2,3)4/h6-14H,5H2,1-4H3;1H3,(H,2,3,4)/q+1;/p-1. The molecule has 2 heterocycles. The first-order chi connectivity index (χ1) is 15.7. The highest BCUT2D eigenvalue weighted by molar-refractivity contribution is 8.03. The van der Waals surface area contributed by atoms with Crippen molar-refractivity contribution in [1.29, 1.82) is 0 Å². The summed E-state index contributed by atoms with van der Waals surface area (Å²) in [5, 5.41) is 2.36. The molecule has 1 aliphatic heterocycles. The summed E-state index contributed by atoms with van der Waals surface area (Å²) in [6.07, 6.45) is 2.23. The Bertz CT molecular complexity index is 1290. The molecule has 1 aliphatic rings. The Morgan fingerprint density at radius 2 is 1.79 bits per heavy atom. The number of methoxy groups -OCH3 is 1. The SMILES string of the molecule is CCOc1ccc2c(c1)S/C(=C\c1ccc3cc(OC)ccc3[n+]1C)N2C.COS(=O)(=O)[O-]. The summed E-state index contributed by atoms with van der Waals surface area (Å²) in [5.74, 6) is 1.80. The summed E-state index contributed by atoms with van der Waals surface area (Å²) in [4.78, 5) is 3.45. The van der Waals surface area contributed by atoms with Crippen molar-refractivity contribution in [1.82, 2.24) is 0 Å².